The first-order valence-corrected chi connectivity index (χ1v) is 3.52. The normalized spacial score (nSPS) is 49.2. The Labute approximate surface area is 68.0 Å². The maximum Gasteiger partial charge on any atom is 0.184 e. The van der Waals surface area contributed by atoms with Crippen LogP contribution >= 0.6 is 0 Å². The zero-order valence-corrected chi connectivity index (χ0v) is 6.17. The molecule has 1 rings (SSSR count). The standard InChI is InChI=1S/C6H11FO5/c7-3-2(1-8)12-6(11)5(10)4(3)9/h2-6,8-11H,1H2/t2-,3+,4+,5+,6?/m1/s1. The van der Waals surface area contributed by atoms with Crippen LogP contribution in [0.25, 0.3) is 0 Å². The van der Waals surface area contributed by atoms with Gasteiger partial charge in [-0.05, 0) is 0 Å². The van der Waals surface area contributed by atoms with Crippen LogP contribution in [0.3, 0.4) is 0 Å². The average molecular weight is 182 g/mol. The van der Waals surface area contributed by atoms with Gasteiger partial charge in [0.1, 0.15) is 18.3 Å². The van der Waals surface area contributed by atoms with Gasteiger partial charge in [-0.15, -0.1) is 0 Å². The highest BCUT2D eigenvalue weighted by Crippen LogP contribution is 2.21. The minimum Gasteiger partial charge on any atom is -0.394 e. The van der Waals surface area contributed by atoms with Crippen LogP contribution in [-0.2, 0) is 4.74 Å². The van der Waals surface area contributed by atoms with Crippen molar-refractivity contribution in [2.24, 2.45) is 0 Å². The summed E-state index contributed by atoms with van der Waals surface area (Å²) in [7, 11) is 0. The third-order valence-electron chi connectivity index (χ3n) is 1.82. The Bertz CT molecular complexity index is 150. The molecule has 0 aromatic heterocycles. The van der Waals surface area contributed by atoms with Crippen LogP contribution in [0.15, 0.2) is 0 Å². The van der Waals surface area contributed by atoms with E-state index in [1.807, 2.05) is 0 Å². The fourth-order valence-electron chi connectivity index (χ4n) is 1.06. The predicted molar refractivity (Wildman–Crippen MR) is 34.9 cm³/mol. The molecule has 6 heteroatoms. The number of aliphatic hydroxyl groups excluding tert-OH is 4. The van der Waals surface area contributed by atoms with Crippen molar-refractivity contribution in [3.05, 3.63) is 0 Å². The Kier molecular flexibility index (Phi) is 2.97. The van der Waals surface area contributed by atoms with Crippen LogP contribution < -0.4 is 0 Å². The predicted octanol–water partition coefficient (Wildman–Crippen LogP) is -2.24. The summed E-state index contributed by atoms with van der Waals surface area (Å²) in [6.07, 6.45) is -8.19. The minimum absolute atomic E-state index is 0.651. The second kappa shape index (κ2) is 3.63. The SMILES string of the molecule is OC[C@H]1OC(O)[C@@H](O)[C@@H](O)[C@H]1F. The molecule has 1 unspecified atom stereocenters. The van der Waals surface area contributed by atoms with Crippen LogP contribution in [0.4, 0.5) is 4.39 Å². The Morgan fingerprint density at radius 3 is 2.25 bits per heavy atom. The third kappa shape index (κ3) is 1.57. The Balaban J connectivity index is 2.63. The molecule has 4 N–H and O–H groups in total. The number of aliphatic hydroxyl groups is 4. The van der Waals surface area contributed by atoms with Crippen molar-refractivity contribution in [1.82, 2.24) is 0 Å². The molecule has 5 atom stereocenters. The Morgan fingerprint density at radius 2 is 1.75 bits per heavy atom. The smallest absolute Gasteiger partial charge is 0.184 e. The van der Waals surface area contributed by atoms with E-state index in [4.69, 9.17) is 20.4 Å². The molecule has 72 valence electrons. The van der Waals surface area contributed by atoms with Crippen LogP contribution in [0, 0.1) is 0 Å². The first-order valence-electron chi connectivity index (χ1n) is 3.52. The van der Waals surface area contributed by atoms with Crippen molar-refractivity contribution in [3.8, 4) is 0 Å². The van der Waals surface area contributed by atoms with Crippen LogP contribution in [0.2, 0.25) is 0 Å². The number of hydrogen-bond acceptors (Lipinski definition) is 5. The lowest BCUT2D eigenvalue weighted by Gasteiger charge is -2.36. The van der Waals surface area contributed by atoms with Crippen molar-refractivity contribution >= 4 is 0 Å². The van der Waals surface area contributed by atoms with Crippen molar-refractivity contribution in [2.75, 3.05) is 6.61 Å². The van der Waals surface area contributed by atoms with Crippen molar-refractivity contribution in [1.29, 1.82) is 0 Å². The molecule has 1 aliphatic rings. The van der Waals surface area contributed by atoms with Gasteiger partial charge in [0.2, 0.25) is 0 Å². The molecule has 0 aromatic rings. The fraction of sp³-hybridized carbons (Fsp3) is 1.00. The summed E-state index contributed by atoms with van der Waals surface area (Å²) in [6, 6.07) is 0. The van der Waals surface area contributed by atoms with Gasteiger partial charge in [0.05, 0.1) is 6.61 Å². The zero-order chi connectivity index (χ0) is 9.30. The second-order valence-corrected chi connectivity index (χ2v) is 2.67. The fourth-order valence-corrected chi connectivity index (χ4v) is 1.06. The summed E-state index contributed by atoms with van der Waals surface area (Å²) in [5.41, 5.74) is 0. The number of ether oxygens (including phenoxy) is 1. The number of hydrogen-bond donors (Lipinski definition) is 4. The first-order chi connectivity index (χ1) is 5.57. The third-order valence-corrected chi connectivity index (χ3v) is 1.82. The van der Waals surface area contributed by atoms with Crippen molar-refractivity contribution < 1.29 is 29.6 Å². The lowest BCUT2D eigenvalue weighted by molar-refractivity contribution is -0.274. The Hall–Kier alpha value is -0.270. The van der Waals surface area contributed by atoms with E-state index in [9.17, 15) is 4.39 Å². The quantitative estimate of drug-likeness (QED) is 0.368. The van der Waals surface area contributed by atoms with E-state index in [0.29, 0.717) is 0 Å². The highest BCUT2D eigenvalue weighted by atomic mass is 19.1. The number of alkyl halides is 1. The van der Waals surface area contributed by atoms with Crippen molar-refractivity contribution in [3.63, 3.8) is 0 Å². The topological polar surface area (TPSA) is 90.2 Å². The van der Waals surface area contributed by atoms with Gasteiger partial charge in [-0.25, -0.2) is 4.39 Å². The number of rotatable bonds is 1. The second-order valence-electron chi connectivity index (χ2n) is 2.67. The summed E-state index contributed by atoms with van der Waals surface area (Å²) in [5.74, 6) is 0. The van der Waals surface area contributed by atoms with Crippen LogP contribution in [0.1, 0.15) is 0 Å². The van der Waals surface area contributed by atoms with E-state index in [0.717, 1.165) is 0 Å². The summed E-state index contributed by atoms with van der Waals surface area (Å²) >= 11 is 0. The molecule has 0 radical (unpaired) electrons. The highest BCUT2D eigenvalue weighted by molar-refractivity contribution is 4.88. The van der Waals surface area contributed by atoms with E-state index in [1.165, 1.54) is 0 Å². The highest BCUT2D eigenvalue weighted by Gasteiger charge is 2.43. The summed E-state index contributed by atoms with van der Waals surface area (Å²) in [6.45, 7) is -0.651. The average Bonchev–Trinajstić information content (AvgIpc) is 2.08. The molecule has 0 bridgehead atoms. The van der Waals surface area contributed by atoms with Gasteiger partial charge in [-0.1, -0.05) is 0 Å². The van der Waals surface area contributed by atoms with Gasteiger partial charge in [-0.2, -0.15) is 0 Å². The molecular formula is C6H11FO5. The molecule has 5 nitrogen and oxygen atoms in total. The van der Waals surface area contributed by atoms with Crippen molar-refractivity contribution in [2.45, 2.75) is 30.8 Å². The molecule has 0 amide bonds. The minimum atomic E-state index is -1.88. The zero-order valence-electron chi connectivity index (χ0n) is 6.17. The van der Waals surface area contributed by atoms with Gasteiger partial charge >= 0.3 is 0 Å². The maximum absolute atomic E-state index is 12.9. The van der Waals surface area contributed by atoms with E-state index in [-0.39, 0.29) is 0 Å². The molecule has 1 heterocycles. The summed E-state index contributed by atoms with van der Waals surface area (Å²) < 4.78 is 17.3. The lowest BCUT2D eigenvalue weighted by atomic mass is 10.0. The molecule has 0 saturated carbocycles. The molecular weight excluding hydrogens is 171 g/mol. The molecule has 1 saturated heterocycles. The van der Waals surface area contributed by atoms with Gasteiger partial charge in [0.25, 0.3) is 0 Å². The van der Waals surface area contributed by atoms with Crippen LogP contribution in [-0.4, -0.2) is 57.8 Å². The van der Waals surface area contributed by atoms with Gasteiger partial charge in [0, 0.05) is 0 Å². The van der Waals surface area contributed by atoms with E-state index in [2.05, 4.69) is 4.74 Å². The lowest BCUT2D eigenvalue weighted by Crippen LogP contribution is -2.56. The number of halogens is 1. The van der Waals surface area contributed by atoms with Crippen LogP contribution in [0.5, 0.6) is 0 Å². The van der Waals surface area contributed by atoms with E-state index in [1.54, 1.807) is 0 Å². The monoisotopic (exact) mass is 182 g/mol. The molecule has 1 aliphatic heterocycles. The molecule has 0 aromatic carbocycles. The molecule has 12 heavy (non-hydrogen) atoms. The summed E-state index contributed by atoms with van der Waals surface area (Å²) in [5, 5.41) is 35.2. The van der Waals surface area contributed by atoms with Gasteiger partial charge in [0.15, 0.2) is 12.5 Å². The van der Waals surface area contributed by atoms with Gasteiger partial charge in [-0.3, -0.25) is 0 Å². The molecule has 0 spiro atoms. The Morgan fingerprint density at radius 1 is 1.17 bits per heavy atom. The first kappa shape index (κ1) is 9.82. The molecule has 0 aliphatic carbocycles. The molecule has 1 fully saturated rings. The van der Waals surface area contributed by atoms with Gasteiger partial charge < -0.3 is 25.2 Å². The van der Waals surface area contributed by atoms with E-state index >= 15 is 0 Å². The summed E-state index contributed by atoms with van der Waals surface area (Å²) in [4.78, 5) is 0. The largest absolute Gasteiger partial charge is 0.394 e. The van der Waals surface area contributed by atoms with E-state index < -0.39 is 37.4 Å². The maximum atomic E-state index is 12.9.